The molecular weight excluding hydrogens is 364 g/mol. The van der Waals surface area contributed by atoms with Gasteiger partial charge in [-0.05, 0) is 30.3 Å². The van der Waals surface area contributed by atoms with Crippen molar-refractivity contribution in [2.24, 2.45) is 0 Å². The zero-order valence-corrected chi connectivity index (χ0v) is 15.7. The van der Waals surface area contributed by atoms with Crippen LogP contribution in [0.3, 0.4) is 0 Å². The van der Waals surface area contributed by atoms with Crippen molar-refractivity contribution < 1.29 is 9.47 Å². The molecule has 7 nitrogen and oxygen atoms in total. The van der Waals surface area contributed by atoms with Crippen LogP contribution in [0.2, 0.25) is 0 Å². The SMILES string of the molecule is COCCNc1ccnc2sc3c(=O)n(-c4ccc(OC)cc4)cnc3c12. The van der Waals surface area contributed by atoms with Gasteiger partial charge in [-0.25, -0.2) is 9.97 Å². The van der Waals surface area contributed by atoms with Crippen LogP contribution in [-0.2, 0) is 4.74 Å². The van der Waals surface area contributed by atoms with Gasteiger partial charge in [0, 0.05) is 25.5 Å². The Morgan fingerprint density at radius 2 is 1.96 bits per heavy atom. The third-order valence-electron chi connectivity index (χ3n) is 4.25. The van der Waals surface area contributed by atoms with Gasteiger partial charge in [-0.2, -0.15) is 0 Å². The van der Waals surface area contributed by atoms with Crippen molar-refractivity contribution in [1.82, 2.24) is 14.5 Å². The molecule has 0 aliphatic rings. The molecule has 27 heavy (non-hydrogen) atoms. The first-order valence-electron chi connectivity index (χ1n) is 8.39. The molecule has 0 unspecified atom stereocenters. The highest BCUT2D eigenvalue weighted by atomic mass is 32.1. The van der Waals surface area contributed by atoms with Crippen molar-refractivity contribution in [3.63, 3.8) is 0 Å². The average molecular weight is 382 g/mol. The predicted octanol–water partition coefficient (Wildman–Crippen LogP) is 3.06. The van der Waals surface area contributed by atoms with Crippen molar-refractivity contribution in [2.75, 3.05) is 32.7 Å². The van der Waals surface area contributed by atoms with Gasteiger partial charge in [-0.15, -0.1) is 11.3 Å². The molecule has 0 saturated heterocycles. The third-order valence-corrected chi connectivity index (χ3v) is 5.33. The summed E-state index contributed by atoms with van der Waals surface area (Å²) < 4.78 is 12.4. The van der Waals surface area contributed by atoms with E-state index in [4.69, 9.17) is 9.47 Å². The van der Waals surface area contributed by atoms with Crippen LogP contribution in [0.4, 0.5) is 5.69 Å². The molecule has 0 atom stereocenters. The van der Waals surface area contributed by atoms with Crippen LogP contribution in [0.1, 0.15) is 0 Å². The summed E-state index contributed by atoms with van der Waals surface area (Å²) in [6.45, 7) is 1.25. The summed E-state index contributed by atoms with van der Waals surface area (Å²) in [7, 11) is 3.27. The maximum absolute atomic E-state index is 13.1. The molecule has 1 N–H and O–H groups in total. The molecule has 3 heterocycles. The zero-order chi connectivity index (χ0) is 18.8. The number of aromatic nitrogens is 3. The topological polar surface area (TPSA) is 78.3 Å². The second kappa shape index (κ2) is 7.34. The maximum atomic E-state index is 13.1. The van der Waals surface area contributed by atoms with Gasteiger partial charge in [0.1, 0.15) is 21.6 Å². The molecule has 4 aromatic rings. The van der Waals surface area contributed by atoms with Gasteiger partial charge < -0.3 is 14.8 Å². The van der Waals surface area contributed by atoms with E-state index < -0.39 is 0 Å². The third kappa shape index (κ3) is 3.13. The summed E-state index contributed by atoms with van der Waals surface area (Å²) in [6.07, 6.45) is 3.29. The minimum Gasteiger partial charge on any atom is -0.497 e. The summed E-state index contributed by atoms with van der Waals surface area (Å²) in [4.78, 5) is 22.8. The van der Waals surface area contributed by atoms with E-state index in [1.54, 1.807) is 26.7 Å². The van der Waals surface area contributed by atoms with Crippen LogP contribution in [0.5, 0.6) is 5.75 Å². The lowest BCUT2D eigenvalue weighted by Gasteiger charge is -2.08. The number of nitrogens with zero attached hydrogens (tertiary/aromatic N) is 3. The number of fused-ring (bicyclic) bond motifs is 3. The number of hydrogen-bond acceptors (Lipinski definition) is 7. The number of thiophene rings is 1. The maximum Gasteiger partial charge on any atom is 0.275 e. The fourth-order valence-corrected chi connectivity index (χ4v) is 3.97. The van der Waals surface area contributed by atoms with E-state index in [0.717, 1.165) is 27.3 Å². The monoisotopic (exact) mass is 382 g/mol. The quantitative estimate of drug-likeness (QED) is 0.517. The van der Waals surface area contributed by atoms with Crippen molar-refractivity contribution in [1.29, 1.82) is 0 Å². The zero-order valence-electron chi connectivity index (χ0n) is 14.9. The number of benzene rings is 1. The first-order chi connectivity index (χ1) is 13.2. The molecule has 8 heteroatoms. The van der Waals surface area contributed by atoms with Crippen molar-refractivity contribution >= 4 is 37.5 Å². The van der Waals surface area contributed by atoms with E-state index in [1.807, 2.05) is 30.3 Å². The second-order valence-corrected chi connectivity index (χ2v) is 6.85. The molecule has 3 aromatic heterocycles. The van der Waals surface area contributed by atoms with E-state index in [0.29, 0.717) is 23.4 Å². The van der Waals surface area contributed by atoms with Crippen LogP contribution in [0, 0.1) is 0 Å². The van der Waals surface area contributed by atoms with E-state index in [1.165, 1.54) is 15.9 Å². The lowest BCUT2D eigenvalue weighted by Crippen LogP contribution is -2.17. The van der Waals surface area contributed by atoms with Gasteiger partial charge in [0.2, 0.25) is 0 Å². The van der Waals surface area contributed by atoms with Crippen LogP contribution >= 0.6 is 11.3 Å². The number of pyridine rings is 1. The molecule has 138 valence electrons. The first-order valence-corrected chi connectivity index (χ1v) is 9.20. The number of nitrogens with one attached hydrogen (secondary N) is 1. The highest BCUT2D eigenvalue weighted by Gasteiger charge is 2.16. The lowest BCUT2D eigenvalue weighted by atomic mass is 10.2. The molecule has 0 spiro atoms. The minimum absolute atomic E-state index is 0.115. The summed E-state index contributed by atoms with van der Waals surface area (Å²) >= 11 is 1.36. The van der Waals surface area contributed by atoms with Gasteiger partial charge in [0.05, 0.1) is 30.3 Å². The lowest BCUT2D eigenvalue weighted by molar-refractivity contribution is 0.211. The Kier molecular flexibility index (Phi) is 4.74. The molecular formula is C19H18N4O3S. The number of anilines is 1. The number of ether oxygens (including phenoxy) is 2. The van der Waals surface area contributed by atoms with Crippen molar-refractivity contribution in [2.45, 2.75) is 0 Å². The highest BCUT2D eigenvalue weighted by molar-refractivity contribution is 7.25. The van der Waals surface area contributed by atoms with Crippen LogP contribution in [0.25, 0.3) is 26.1 Å². The number of hydrogen-bond donors (Lipinski definition) is 1. The normalized spacial score (nSPS) is 11.2. The standard InChI is InChI=1S/C19H18N4O3S/c1-25-10-9-20-14-7-8-21-18-15(14)16-17(27-18)19(24)23(11-22-16)12-3-5-13(26-2)6-4-12/h3-8,11H,9-10H2,1-2H3,(H,20,21). The molecule has 0 saturated carbocycles. The summed E-state index contributed by atoms with van der Waals surface area (Å²) in [5.74, 6) is 0.735. The Balaban J connectivity index is 1.84. The van der Waals surface area contributed by atoms with Gasteiger partial charge in [-0.3, -0.25) is 9.36 Å². The van der Waals surface area contributed by atoms with Crippen molar-refractivity contribution in [3.8, 4) is 11.4 Å². The van der Waals surface area contributed by atoms with E-state index in [9.17, 15) is 4.79 Å². The Hall–Kier alpha value is -2.97. The fraction of sp³-hybridized carbons (Fsp3) is 0.211. The van der Waals surface area contributed by atoms with E-state index in [2.05, 4.69) is 15.3 Å². The van der Waals surface area contributed by atoms with Gasteiger partial charge in [0.15, 0.2) is 0 Å². The molecule has 0 amide bonds. The smallest absolute Gasteiger partial charge is 0.275 e. The number of rotatable bonds is 6. The second-order valence-electron chi connectivity index (χ2n) is 5.86. The fourth-order valence-electron chi connectivity index (χ4n) is 2.91. The average Bonchev–Trinajstić information content (AvgIpc) is 3.09. The van der Waals surface area contributed by atoms with Gasteiger partial charge >= 0.3 is 0 Å². The predicted molar refractivity (Wildman–Crippen MR) is 107 cm³/mol. The summed E-state index contributed by atoms with van der Waals surface area (Å²) in [5, 5.41) is 4.19. The van der Waals surface area contributed by atoms with Crippen LogP contribution in [0.15, 0.2) is 47.7 Å². The Labute approximate surface area is 159 Å². The first kappa shape index (κ1) is 17.4. The van der Waals surface area contributed by atoms with Gasteiger partial charge in [0.25, 0.3) is 5.56 Å². The summed E-state index contributed by atoms with van der Waals surface area (Å²) in [6, 6.07) is 9.18. The Morgan fingerprint density at radius 1 is 1.15 bits per heavy atom. The van der Waals surface area contributed by atoms with E-state index >= 15 is 0 Å². The summed E-state index contributed by atoms with van der Waals surface area (Å²) in [5.41, 5.74) is 2.19. The molecule has 0 fully saturated rings. The molecule has 0 radical (unpaired) electrons. The Morgan fingerprint density at radius 3 is 2.70 bits per heavy atom. The highest BCUT2D eigenvalue weighted by Crippen LogP contribution is 2.34. The minimum atomic E-state index is -0.115. The van der Waals surface area contributed by atoms with Crippen molar-refractivity contribution in [3.05, 3.63) is 53.2 Å². The van der Waals surface area contributed by atoms with Gasteiger partial charge in [-0.1, -0.05) is 0 Å². The number of methoxy groups -OCH3 is 2. The largest absolute Gasteiger partial charge is 0.497 e. The van der Waals surface area contributed by atoms with Crippen LogP contribution in [-0.4, -0.2) is 41.9 Å². The molecule has 0 aliphatic carbocycles. The molecule has 4 rings (SSSR count). The molecule has 0 bridgehead atoms. The Bertz CT molecular complexity index is 1150. The van der Waals surface area contributed by atoms with Crippen LogP contribution < -0.4 is 15.6 Å². The molecule has 1 aromatic carbocycles. The van der Waals surface area contributed by atoms with E-state index in [-0.39, 0.29) is 5.56 Å². The molecule has 0 aliphatic heterocycles.